The first-order chi connectivity index (χ1) is 33.7. The molecule has 0 amide bonds. The van der Waals surface area contributed by atoms with Crippen LogP contribution in [0.5, 0.6) is 0 Å². The molecular weight excluding hydrogens is 845 g/mol. The number of rotatable bonds is 6. The van der Waals surface area contributed by atoms with E-state index in [-0.39, 0.29) is 0 Å². The summed E-state index contributed by atoms with van der Waals surface area (Å²) in [7, 11) is 0. The second kappa shape index (κ2) is 15.4. The van der Waals surface area contributed by atoms with Crippen molar-refractivity contribution in [3.05, 3.63) is 231 Å². The minimum absolute atomic E-state index is 0.609. The molecule has 0 unspecified atom stereocenters. The molecule has 0 saturated carbocycles. The highest BCUT2D eigenvalue weighted by Gasteiger charge is 2.25. The maximum atomic E-state index is 5.52. The molecule has 0 N–H and O–H groups in total. The zero-order chi connectivity index (χ0) is 44.7. The lowest BCUT2D eigenvalue weighted by atomic mass is 10.0. The Kier molecular flexibility index (Phi) is 8.73. The minimum Gasteiger partial charge on any atom is -0.306 e. The van der Waals surface area contributed by atoms with Gasteiger partial charge in [-0.15, -0.1) is 11.3 Å². The van der Waals surface area contributed by atoms with Gasteiger partial charge < -0.3 is 4.57 Å². The van der Waals surface area contributed by atoms with E-state index in [9.17, 15) is 0 Å². The van der Waals surface area contributed by atoms with Crippen molar-refractivity contribution in [1.82, 2.24) is 19.5 Å². The van der Waals surface area contributed by atoms with Crippen molar-refractivity contribution in [2.45, 2.75) is 0 Å². The van der Waals surface area contributed by atoms with Crippen LogP contribution >= 0.6 is 11.3 Å². The topological polar surface area (TPSA) is 43.6 Å². The molecular formula is C63H38N4S. The molecule has 11 aromatic carbocycles. The zero-order valence-electron chi connectivity index (χ0n) is 36.6. The molecule has 4 nitrogen and oxygen atoms in total. The second-order valence-electron chi connectivity index (χ2n) is 17.5. The van der Waals surface area contributed by atoms with Crippen molar-refractivity contribution in [3.8, 4) is 62.1 Å². The quantitative estimate of drug-likeness (QED) is 0.167. The molecule has 3 aromatic heterocycles. The summed E-state index contributed by atoms with van der Waals surface area (Å²) in [6.45, 7) is 0. The van der Waals surface area contributed by atoms with Crippen molar-refractivity contribution < 1.29 is 0 Å². The molecule has 316 valence electrons. The van der Waals surface area contributed by atoms with Gasteiger partial charge in [-0.2, -0.15) is 0 Å². The van der Waals surface area contributed by atoms with Gasteiger partial charge in [0.15, 0.2) is 17.5 Å². The third-order valence-corrected chi connectivity index (χ3v) is 14.9. The molecule has 68 heavy (non-hydrogen) atoms. The number of hydrogen-bond acceptors (Lipinski definition) is 4. The van der Waals surface area contributed by atoms with Gasteiger partial charge in [-0.05, 0) is 73.5 Å². The van der Waals surface area contributed by atoms with Gasteiger partial charge in [-0.1, -0.05) is 206 Å². The Labute approximate surface area is 395 Å². The van der Waals surface area contributed by atoms with Crippen molar-refractivity contribution in [1.29, 1.82) is 0 Å². The molecule has 0 aliphatic heterocycles. The predicted octanol–water partition coefficient (Wildman–Crippen LogP) is 17.1. The summed E-state index contributed by atoms with van der Waals surface area (Å²) >= 11 is 1.86. The average molecular weight is 883 g/mol. The van der Waals surface area contributed by atoms with Crippen molar-refractivity contribution in [3.63, 3.8) is 0 Å². The van der Waals surface area contributed by atoms with E-state index in [4.69, 9.17) is 15.0 Å². The number of thiophene rings is 1. The van der Waals surface area contributed by atoms with E-state index in [1.165, 1.54) is 63.3 Å². The largest absolute Gasteiger partial charge is 0.306 e. The fraction of sp³-hybridized carbons (Fsp3) is 0. The Morgan fingerprint density at radius 1 is 0.294 bits per heavy atom. The minimum atomic E-state index is 0.609. The fourth-order valence-corrected chi connectivity index (χ4v) is 11.7. The Bertz CT molecular complexity index is 4300. The predicted molar refractivity (Wildman–Crippen MR) is 287 cm³/mol. The van der Waals surface area contributed by atoms with E-state index >= 15 is 0 Å². The first-order valence-corrected chi connectivity index (χ1v) is 23.8. The smallest absolute Gasteiger partial charge is 0.166 e. The molecule has 14 rings (SSSR count). The fourth-order valence-electron chi connectivity index (χ4n) is 10.3. The molecule has 0 radical (unpaired) electrons. The monoisotopic (exact) mass is 882 g/mol. The highest BCUT2D eigenvalue weighted by atomic mass is 32.1. The Morgan fingerprint density at radius 3 is 1.56 bits per heavy atom. The summed E-state index contributed by atoms with van der Waals surface area (Å²) in [6, 6.07) is 82.8. The Morgan fingerprint density at radius 2 is 0.809 bits per heavy atom. The summed E-state index contributed by atoms with van der Waals surface area (Å²) in [5.41, 5.74) is 10.6. The van der Waals surface area contributed by atoms with Gasteiger partial charge in [0.25, 0.3) is 0 Å². The number of fused-ring (bicyclic) bond motifs is 11. The lowest BCUT2D eigenvalue weighted by Crippen LogP contribution is -2.04. The van der Waals surface area contributed by atoms with Crippen LogP contribution in [0.2, 0.25) is 0 Å². The van der Waals surface area contributed by atoms with Gasteiger partial charge in [0.2, 0.25) is 0 Å². The van der Waals surface area contributed by atoms with Gasteiger partial charge in [-0.25, -0.2) is 15.0 Å². The van der Waals surface area contributed by atoms with Crippen LogP contribution in [0.3, 0.4) is 0 Å². The van der Waals surface area contributed by atoms with Gasteiger partial charge in [0, 0.05) is 48.3 Å². The number of aromatic nitrogens is 4. The Balaban J connectivity index is 1.11. The summed E-state index contributed by atoms with van der Waals surface area (Å²) in [4.78, 5) is 16.3. The van der Waals surface area contributed by atoms with Crippen molar-refractivity contribution in [2.75, 3.05) is 0 Å². The normalized spacial score (nSPS) is 11.8. The average Bonchev–Trinajstić information content (AvgIpc) is 3.96. The zero-order valence-corrected chi connectivity index (χ0v) is 37.5. The molecule has 0 atom stereocenters. The van der Waals surface area contributed by atoms with Crippen LogP contribution in [0.4, 0.5) is 0 Å². The molecule has 14 aromatic rings. The first kappa shape index (κ1) is 38.5. The molecule has 0 bridgehead atoms. The molecule has 0 spiro atoms. The third kappa shape index (κ3) is 6.17. The molecule has 0 saturated heterocycles. The Hall–Kier alpha value is -8.77. The van der Waals surface area contributed by atoms with E-state index in [1.807, 2.05) is 11.3 Å². The highest BCUT2D eigenvalue weighted by Crippen LogP contribution is 2.48. The van der Waals surface area contributed by atoms with E-state index in [0.29, 0.717) is 17.5 Å². The standard InChI is InChI=1S/C63H38N4S/c1-3-14-39(15-4-1)41-26-28-44(29-27-41)61-64-62(48-23-13-22-45(36-48)40-16-5-2-6-17-40)66-63(65-61)54-35-34-53-52-33-31-43-19-10-12-25-50(43)59(52)68-60(53)58(54)67-56-38-47-21-8-7-20-46(47)37-55(56)51-32-30-42-18-9-11-24-49(42)57(51)67/h1-38H. The summed E-state index contributed by atoms with van der Waals surface area (Å²) in [6.07, 6.45) is 0. The molecule has 0 fully saturated rings. The summed E-state index contributed by atoms with van der Waals surface area (Å²) < 4.78 is 4.97. The van der Waals surface area contributed by atoms with Crippen molar-refractivity contribution >= 4 is 85.6 Å². The maximum absolute atomic E-state index is 5.52. The second-order valence-corrected chi connectivity index (χ2v) is 18.6. The van der Waals surface area contributed by atoms with Crippen LogP contribution in [-0.4, -0.2) is 19.5 Å². The van der Waals surface area contributed by atoms with Crippen LogP contribution in [0.15, 0.2) is 231 Å². The molecule has 0 aliphatic rings. The molecule has 5 heteroatoms. The van der Waals surface area contributed by atoms with E-state index in [2.05, 4.69) is 235 Å². The van der Waals surface area contributed by atoms with Crippen LogP contribution in [-0.2, 0) is 0 Å². The van der Waals surface area contributed by atoms with Crippen LogP contribution < -0.4 is 0 Å². The number of hydrogen-bond donors (Lipinski definition) is 0. The van der Waals surface area contributed by atoms with Gasteiger partial charge in [0.05, 0.1) is 21.4 Å². The van der Waals surface area contributed by atoms with Crippen LogP contribution in [0.25, 0.3) is 136 Å². The lowest BCUT2D eigenvalue weighted by Gasteiger charge is -2.17. The first-order valence-electron chi connectivity index (χ1n) is 23.0. The van der Waals surface area contributed by atoms with Crippen molar-refractivity contribution in [2.24, 2.45) is 0 Å². The summed E-state index contributed by atoms with van der Waals surface area (Å²) in [5, 5.41) is 12.1. The van der Waals surface area contributed by atoms with Crippen LogP contribution in [0.1, 0.15) is 0 Å². The maximum Gasteiger partial charge on any atom is 0.166 e. The number of nitrogens with zero attached hydrogens (tertiary/aromatic N) is 4. The number of benzene rings is 11. The third-order valence-electron chi connectivity index (χ3n) is 13.6. The summed E-state index contributed by atoms with van der Waals surface area (Å²) in [5.74, 6) is 1.83. The highest BCUT2D eigenvalue weighted by molar-refractivity contribution is 7.27. The van der Waals surface area contributed by atoms with Gasteiger partial charge >= 0.3 is 0 Å². The van der Waals surface area contributed by atoms with E-state index in [0.717, 1.165) is 55.7 Å². The molecule has 0 aliphatic carbocycles. The lowest BCUT2D eigenvalue weighted by molar-refractivity contribution is 1.07. The van der Waals surface area contributed by atoms with E-state index in [1.54, 1.807) is 0 Å². The van der Waals surface area contributed by atoms with E-state index < -0.39 is 0 Å². The SMILES string of the molecule is c1ccc(-c2ccc(-c3nc(-c4cccc(-c5ccccc5)c4)nc(-c4ccc5c(sc6c7ccccc7ccc56)c4-n4c5cc6ccccc6cc5c5ccc6ccccc6c54)n3)cc2)cc1. The van der Waals surface area contributed by atoms with Crippen LogP contribution in [0, 0.1) is 0 Å². The van der Waals surface area contributed by atoms with Gasteiger partial charge in [0.1, 0.15) is 0 Å². The van der Waals surface area contributed by atoms with Gasteiger partial charge in [-0.3, -0.25) is 0 Å². The molecule has 3 heterocycles.